The number of rotatable bonds is 3. The first-order chi connectivity index (χ1) is 13.4. The topological polar surface area (TPSA) is 17.8 Å². The third kappa shape index (κ3) is 3.56. The zero-order chi connectivity index (χ0) is 19.7. The van der Waals surface area contributed by atoms with E-state index in [1.807, 2.05) is 67.6 Å². The number of nitrogens with zero attached hydrogens (tertiary/aromatic N) is 2. The second-order valence-electron chi connectivity index (χ2n) is 6.60. The number of hydrogen-bond acceptors (Lipinski definition) is 1. The Labute approximate surface area is 160 Å². The van der Waals surface area contributed by atoms with Crippen LogP contribution in [0.3, 0.4) is 0 Å². The standard InChI is InChI=1S/C23H17F3N2/c1-16-7-9-18(10-8-16)22-15-21(17-5-3-2-4-6-17)27-28(22)20-13-11-19(12-14-20)23(24,25)26/h2-15H,1H3. The quantitative estimate of drug-likeness (QED) is 0.396. The van der Waals surface area contributed by atoms with E-state index < -0.39 is 11.7 Å². The minimum atomic E-state index is -4.36. The van der Waals surface area contributed by atoms with Gasteiger partial charge in [0.25, 0.3) is 0 Å². The Hall–Kier alpha value is -3.34. The molecule has 0 N–H and O–H groups in total. The van der Waals surface area contributed by atoms with Crippen molar-refractivity contribution in [1.29, 1.82) is 0 Å². The molecule has 140 valence electrons. The van der Waals surface area contributed by atoms with Crippen LogP contribution in [0.15, 0.2) is 84.9 Å². The second-order valence-corrected chi connectivity index (χ2v) is 6.60. The Kier molecular flexibility index (Phi) is 4.51. The molecule has 0 atom stereocenters. The van der Waals surface area contributed by atoms with Crippen LogP contribution < -0.4 is 0 Å². The van der Waals surface area contributed by atoms with E-state index in [2.05, 4.69) is 5.10 Å². The summed E-state index contributed by atoms with van der Waals surface area (Å²) in [4.78, 5) is 0. The second kappa shape index (κ2) is 7.00. The summed E-state index contributed by atoms with van der Waals surface area (Å²) in [6.45, 7) is 2.01. The summed E-state index contributed by atoms with van der Waals surface area (Å²) in [7, 11) is 0. The summed E-state index contributed by atoms with van der Waals surface area (Å²) in [5.41, 5.74) is 4.50. The SMILES string of the molecule is Cc1ccc(-c2cc(-c3ccccc3)nn2-c2ccc(C(F)(F)F)cc2)cc1. The summed E-state index contributed by atoms with van der Waals surface area (Å²) in [6, 6.07) is 24.7. The highest BCUT2D eigenvalue weighted by molar-refractivity contribution is 5.70. The number of alkyl halides is 3. The molecule has 0 aliphatic heterocycles. The first kappa shape index (κ1) is 18.0. The van der Waals surface area contributed by atoms with Crippen LogP contribution in [0.5, 0.6) is 0 Å². The molecule has 3 aromatic carbocycles. The molecule has 0 saturated heterocycles. The highest BCUT2D eigenvalue weighted by Crippen LogP contribution is 2.32. The van der Waals surface area contributed by atoms with Gasteiger partial charge in [-0.15, -0.1) is 0 Å². The predicted octanol–water partition coefficient (Wildman–Crippen LogP) is 6.53. The van der Waals surface area contributed by atoms with Crippen molar-refractivity contribution in [2.45, 2.75) is 13.1 Å². The normalized spacial score (nSPS) is 11.6. The van der Waals surface area contributed by atoms with Gasteiger partial charge in [0.15, 0.2) is 0 Å². The Morgan fingerprint density at radius 3 is 2.00 bits per heavy atom. The molecule has 0 fully saturated rings. The summed E-state index contributed by atoms with van der Waals surface area (Å²) < 4.78 is 40.4. The zero-order valence-electron chi connectivity index (χ0n) is 15.1. The van der Waals surface area contributed by atoms with Crippen LogP contribution in [0.25, 0.3) is 28.2 Å². The van der Waals surface area contributed by atoms with Gasteiger partial charge in [0.2, 0.25) is 0 Å². The van der Waals surface area contributed by atoms with Crippen molar-refractivity contribution in [3.63, 3.8) is 0 Å². The zero-order valence-corrected chi connectivity index (χ0v) is 15.1. The van der Waals surface area contributed by atoms with Crippen molar-refractivity contribution in [2.75, 3.05) is 0 Å². The number of aryl methyl sites for hydroxylation is 1. The third-order valence-corrected chi connectivity index (χ3v) is 4.57. The van der Waals surface area contributed by atoms with E-state index >= 15 is 0 Å². The number of hydrogen-bond donors (Lipinski definition) is 0. The Morgan fingerprint density at radius 1 is 0.750 bits per heavy atom. The highest BCUT2D eigenvalue weighted by Gasteiger charge is 2.30. The molecule has 2 nitrogen and oxygen atoms in total. The monoisotopic (exact) mass is 378 g/mol. The van der Waals surface area contributed by atoms with Gasteiger partial charge >= 0.3 is 6.18 Å². The van der Waals surface area contributed by atoms with E-state index in [9.17, 15) is 13.2 Å². The molecule has 0 amide bonds. The fraction of sp³-hybridized carbons (Fsp3) is 0.0870. The van der Waals surface area contributed by atoms with Crippen molar-refractivity contribution >= 4 is 0 Å². The molecular weight excluding hydrogens is 361 g/mol. The first-order valence-corrected chi connectivity index (χ1v) is 8.82. The van der Waals surface area contributed by atoms with Gasteiger partial charge in [-0.25, -0.2) is 4.68 Å². The summed E-state index contributed by atoms with van der Waals surface area (Å²) >= 11 is 0. The van der Waals surface area contributed by atoms with Gasteiger partial charge in [-0.1, -0.05) is 60.2 Å². The lowest BCUT2D eigenvalue weighted by atomic mass is 10.1. The van der Waals surface area contributed by atoms with Gasteiger partial charge < -0.3 is 0 Å². The van der Waals surface area contributed by atoms with Gasteiger partial charge in [-0.05, 0) is 37.3 Å². The van der Waals surface area contributed by atoms with Crippen LogP contribution >= 0.6 is 0 Å². The van der Waals surface area contributed by atoms with Crippen LogP contribution in [-0.4, -0.2) is 9.78 Å². The fourth-order valence-electron chi connectivity index (χ4n) is 3.05. The Morgan fingerprint density at radius 2 is 1.39 bits per heavy atom. The lowest BCUT2D eigenvalue weighted by molar-refractivity contribution is -0.137. The molecule has 0 aliphatic carbocycles. The van der Waals surface area contributed by atoms with Gasteiger partial charge in [0.1, 0.15) is 0 Å². The van der Waals surface area contributed by atoms with Crippen LogP contribution in [0, 0.1) is 6.92 Å². The van der Waals surface area contributed by atoms with Crippen molar-refractivity contribution < 1.29 is 13.2 Å². The molecule has 0 spiro atoms. The summed E-state index contributed by atoms with van der Waals surface area (Å²) in [6.07, 6.45) is -4.36. The number of aromatic nitrogens is 2. The summed E-state index contributed by atoms with van der Waals surface area (Å²) in [5, 5.41) is 4.68. The molecule has 0 aliphatic rings. The maximum absolute atomic E-state index is 12.9. The van der Waals surface area contributed by atoms with Crippen LogP contribution in [0.1, 0.15) is 11.1 Å². The van der Waals surface area contributed by atoms with Gasteiger partial charge in [-0.2, -0.15) is 18.3 Å². The molecule has 5 heteroatoms. The highest BCUT2D eigenvalue weighted by atomic mass is 19.4. The molecular formula is C23H17F3N2. The number of halogens is 3. The van der Waals surface area contributed by atoms with Crippen molar-refractivity contribution in [3.8, 4) is 28.2 Å². The van der Waals surface area contributed by atoms with Crippen molar-refractivity contribution in [1.82, 2.24) is 9.78 Å². The van der Waals surface area contributed by atoms with Crippen molar-refractivity contribution in [3.05, 3.63) is 96.1 Å². The Bertz CT molecular complexity index is 1080. The molecule has 0 unspecified atom stereocenters. The van der Waals surface area contributed by atoms with E-state index in [1.165, 1.54) is 12.1 Å². The molecule has 1 heterocycles. The van der Waals surface area contributed by atoms with E-state index in [4.69, 9.17) is 0 Å². The van der Waals surface area contributed by atoms with E-state index in [0.717, 1.165) is 40.2 Å². The molecule has 0 radical (unpaired) electrons. The average Bonchev–Trinajstić information content (AvgIpc) is 3.14. The maximum atomic E-state index is 12.9. The molecule has 0 saturated carbocycles. The average molecular weight is 378 g/mol. The van der Waals surface area contributed by atoms with Gasteiger partial charge in [0.05, 0.1) is 22.6 Å². The molecule has 1 aromatic heterocycles. The van der Waals surface area contributed by atoms with Crippen LogP contribution in [0.2, 0.25) is 0 Å². The third-order valence-electron chi connectivity index (χ3n) is 4.57. The van der Waals surface area contributed by atoms with E-state index in [-0.39, 0.29) is 0 Å². The predicted molar refractivity (Wildman–Crippen MR) is 104 cm³/mol. The lowest BCUT2D eigenvalue weighted by Crippen LogP contribution is -2.06. The Balaban J connectivity index is 1.85. The fourth-order valence-corrected chi connectivity index (χ4v) is 3.05. The van der Waals surface area contributed by atoms with Crippen LogP contribution in [-0.2, 0) is 6.18 Å². The van der Waals surface area contributed by atoms with Gasteiger partial charge in [0, 0.05) is 11.1 Å². The van der Waals surface area contributed by atoms with E-state index in [0.29, 0.717) is 5.69 Å². The van der Waals surface area contributed by atoms with Crippen molar-refractivity contribution in [2.24, 2.45) is 0 Å². The largest absolute Gasteiger partial charge is 0.416 e. The number of benzene rings is 3. The summed E-state index contributed by atoms with van der Waals surface area (Å²) in [5.74, 6) is 0. The van der Waals surface area contributed by atoms with Crippen LogP contribution in [0.4, 0.5) is 13.2 Å². The smallest absolute Gasteiger partial charge is 0.232 e. The minimum Gasteiger partial charge on any atom is -0.232 e. The molecule has 4 aromatic rings. The molecule has 4 rings (SSSR count). The van der Waals surface area contributed by atoms with E-state index in [1.54, 1.807) is 4.68 Å². The molecule has 28 heavy (non-hydrogen) atoms. The minimum absolute atomic E-state index is 0.575. The lowest BCUT2D eigenvalue weighted by Gasteiger charge is -2.10. The molecule has 0 bridgehead atoms. The van der Waals surface area contributed by atoms with Gasteiger partial charge in [-0.3, -0.25) is 0 Å². The first-order valence-electron chi connectivity index (χ1n) is 8.82. The maximum Gasteiger partial charge on any atom is 0.416 e.